The summed E-state index contributed by atoms with van der Waals surface area (Å²) in [6, 6.07) is 10.9. The zero-order chi connectivity index (χ0) is 21.6. The van der Waals surface area contributed by atoms with E-state index in [4.69, 9.17) is 4.74 Å². The van der Waals surface area contributed by atoms with E-state index in [0.29, 0.717) is 35.0 Å². The fourth-order valence-electron chi connectivity index (χ4n) is 3.63. The van der Waals surface area contributed by atoms with Crippen LogP contribution in [0.3, 0.4) is 0 Å². The van der Waals surface area contributed by atoms with Crippen molar-refractivity contribution in [3.05, 3.63) is 75.9 Å². The maximum atomic E-state index is 13.1. The predicted molar refractivity (Wildman–Crippen MR) is 122 cm³/mol. The molecule has 0 unspecified atom stereocenters. The molecule has 0 radical (unpaired) electrons. The molecule has 1 aliphatic carbocycles. The van der Waals surface area contributed by atoms with Crippen LogP contribution < -0.4 is 15.4 Å². The van der Waals surface area contributed by atoms with Crippen LogP contribution in [0.1, 0.15) is 56.5 Å². The van der Waals surface area contributed by atoms with Crippen LogP contribution in [0, 0.1) is 0 Å². The number of aryl methyl sites for hydroxylation is 1. The third-order valence-corrected chi connectivity index (χ3v) is 6.33. The van der Waals surface area contributed by atoms with Crippen molar-refractivity contribution >= 4 is 28.2 Å². The van der Waals surface area contributed by atoms with Crippen molar-refractivity contribution in [2.75, 3.05) is 11.9 Å². The first-order chi connectivity index (χ1) is 15.2. The second-order valence-electron chi connectivity index (χ2n) is 7.44. The molecule has 2 N–H and O–H groups in total. The topological polar surface area (TPSA) is 80.3 Å². The normalized spacial score (nSPS) is 12.3. The van der Waals surface area contributed by atoms with Gasteiger partial charge in [-0.2, -0.15) is 0 Å². The van der Waals surface area contributed by atoms with Gasteiger partial charge in [-0.1, -0.05) is 19.1 Å². The Morgan fingerprint density at radius 3 is 2.87 bits per heavy atom. The number of nitrogens with one attached hydrogen (secondary N) is 2. The van der Waals surface area contributed by atoms with E-state index >= 15 is 0 Å². The second kappa shape index (κ2) is 9.75. The molecule has 2 amide bonds. The number of fused-ring (bicyclic) bond motifs is 1. The summed E-state index contributed by atoms with van der Waals surface area (Å²) in [6.07, 6.45) is 7.17. The molecule has 0 spiro atoms. The van der Waals surface area contributed by atoms with Gasteiger partial charge < -0.3 is 15.4 Å². The lowest BCUT2D eigenvalue weighted by molar-refractivity contribution is 0.0951. The molecule has 3 aromatic rings. The highest BCUT2D eigenvalue weighted by molar-refractivity contribution is 7.17. The van der Waals surface area contributed by atoms with Crippen LogP contribution in [0.2, 0.25) is 0 Å². The number of hydrogen-bond acceptors (Lipinski definition) is 5. The third-order valence-electron chi connectivity index (χ3n) is 5.12. The fraction of sp³-hybridized carbons (Fsp3) is 0.292. The molecular weight excluding hydrogens is 410 g/mol. The van der Waals surface area contributed by atoms with E-state index in [1.54, 1.807) is 30.6 Å². The number of aromatic nitrogens is 1. The lowest BCUT2D eigenvalue weighted by Crippen LogP contribution is -2.25. The Hall–Kier alpha value is -3.19. The van der Waals surface area contributed by atoms with Crippen molar-refractivity contribution in [1.29, 1.82) is 0 Å². The van der Waals surface area contributed by atoms with Crippen molar-refractivity contribution in [1.82, 2.24) is 10.3 Å². The molecule has 160 valence electrons. The van der Waals surface area contributed by atoms with E-state index < -0.39 is 0 Å². The summed E-state index contributed by atoms with van der Waals surface area (Å²) >= 11 is 1.50. The van der Waals surface area contributed by atoms with E-state index in [9.17, 15) is 9.59 Å². The van der Waals surface area contributed by atoms with Gasteiger partial charge in [-0.3, -0.25) is 14.6 Å². The number of ether oxygens (including phenoxy) is 1. The fourth-order valence-corrected chi connectivity index (χ4v) is 4.91. The summed E-state index contributed by atoms with van der Waals surface area (Å²) < 4.78 is 5.64. The summed E-state index contributed by atoms with van der Waals surface area (Å²) in [5, 5.41) is 6.55. The molecule has 2 heterocycles. The number of anilines is 1. The van der Waals surface area contributed by atoms with Gasteiger partial charge in [0.05, 0.1) is 12.2 Å². The van der Waals surface area contributed by atoms with E-state index in [0.717, 1.165) is 36.8 Å². The molecule has 0 atom stereocenters. The number of nitrogens with zero attached hydrogens (tertiary/aromatic N) is 1. The van der Waals surface area contributed by atoms with Crippen LogP contribution >= 0.6 is 11.3 Å². The highest BCUT2D eigenvalue weighted by Gasteiger charge is 2.27. The minimum absolute atomic E-state index is 0.168. The summed E-state index contributed by atoms with van der Waals surface area (Å²) in [6.45, 7) is 3.03. The predicted octanol–water partition coefficient (Wildman–Crippen LogP) is 4.60. The van der Waals surface area contributed by atoms with Crippen LogP contribution in [-0.4, -0.2) is 23.4 Å². The first kappa shape index (κ1) is 21.1. The van der Waals surface area contributed by atoms with Crippen molar-refractivity contribution in [3.63, 3.8) is 0 Å². The number of rotatable bonds is 8. The SMILES string of the molecule is CCCOc1cccc(C(=O)Nc2sc3c(c2C(=O)NCc2cccnc2)CCC3)c1. The van der Waals surface area contributed by atoms with Crippen molar-refractivity contribution in [3.8, 4) is 5.75 Å². The van der Waals surface area contributed by atoms with Crippen LogP contribution in [0.5, 0.6) is 5.75 Å². The molecule has 0 saturated heterocycles. The van der Waals surface area contributed by atoms with Crippen LogP contribution in [0.15, 0.2) is 48.8 Å². The Morgan fingerprint density at radius 1 is 1.16 bits per heavy atom. The molecule has 1 aromatic carbocycles. The summed E-state index contributed by atoms with van der Waals surface area (Å²) in [5.41, 5.74) is 3.08. The van der Waals surface area contributed by atoms with Crippen molar-refractivity contribution in [2.45, 2.75) is 39.2 Å². The van der Waals surface area contributed by atoms with E-state index in [1.165, 1.54) is 16.2 Å². The van der Waals surface area contributed by atoms with Gasteiger partial charge in [-0.25, -0.2) is 0 Å². The molecular formula is C24H25N3O3S. The lowest BCUT2D eigenvalue weighted by atomic mass is 10.1. The summed E-state index contributed by atoms with van der Waals surface area (Å²) in [4.78, 5) is 31.2. The van der Waals surface area contributed by atoms with Crippen LogP contribution in [-0.2, 0) is 19.4 Å². The molecule has 0 saturated carbocycles. The Kier molecular flexibility index (Phi) is 6.62. The quantitative estimate of drug-likeness (QED) is 0.542. The Labute approximate surface area is 185 Å². The zero-order valence-corrected chi connectivity index (χ0v) is 18.3. The number of carbonyl (C=O) groups is 2. The molecule has 1 aliphatic rings. The lowest BCUT2D eigenvalue weighted by Gasteiger charge is -2.10. The average molecular weight is 436 g/mol. The zero-order valence-electron chi connectivity index (χ0n) is 17.4. The van der Waals surface area contributed by atoms with E-state index in [1.807, 2.05) is 25.1 Å². The van der Waals surface area contributed by atoms with Crippen LogP contribution in [0.25, 0.3) is 0 Å². The molecule has 0 fully saturated rings. The molecule has 0 bridgehead atoms. The van der Waals surface area contributed by atoms with Gasteiger partial charge in [0.1, 0.15) is 10.8 Å². The first-order valence-electron chi connectivity index (χ1n) is 10.5. The average Bonchev–Trinajstić information content (AvgIpc) is 3.38. The maximum absolute atomic E-state index is 13.1. The largest absolute Gasteiger partial charge is 0.494 e. The van der Waals surface area contributed by atoms with Crippen molar-refractivity contribution < 1.29 is 14.3 Å². The highest BCUT2D eigenvalue weighted by atomic mass is 32.1. The maximum Gasteiger partial charge on any atom is 0.256 e. The molecule has 31 heavy (non-hydrogen) atoms. The Morgan fingerprint density at radius 2 is 2.06 bits per heavy atom. The van der Waals surface area contributed by atoms with E-state index in [-0.39, 0.29) is 11.8 Å². The van der Waals surface area contributed by atoms with Crippen molar-refractivity contribution in [2.24, 2.45) is 0 Å². The summed E-state index contributed by atoms with van der Waals surface area (Å²) in [7, 11) is 0. The number of pyridine rings is 1. The number of thiophene rings is 1. The van der Waals surface area contributed by atoms with Gasteiger partial charge >= 0.3 is 0 Å². The molecule has 7 heteroatoms. The third kappa shape index (κ3) is 4.94. The number of carbonyl (C=O) groups excluding carboxylic acids is 2. The standard InChI is InChI=1S/C24H25N3O3S/c1-2-12-30-18-8-3-7-17(13-18)22(28)27-24-21(19-9-4-10-20(19)31-24)23(29)26-15-16-6-5-11-25-14-16/h3,5-8,11,13-14H,2,4,9-10,12,15H2,1H3,(H,26,29)(H,27,28). The van der Waals surface area contributed by atoms with Gasteiger partial charge in [-0.15, -0.1) is 11.3 Å². The van der Waals surface area contributed by atoms with Gasteiger partial charge in [0.25, 0.3) is 11.8 Å². The Bertz CT molecular complexity index is 1080. The number of hydrogen-bond donors (Lipinski definition) is 2. The van der Waals surface area contributed by atoms with E-state index in [2.05, 4.69) is 15.6 Å². The molecule has 2 aromatic heterocycles. The number of amides is 2. The number of benzene rings is 1. The highest BCUT2D eigenvalue weighted by Crippen LogP contribution is 2.39. The first-order valence-corrected chi connectivity index (χ1v) is 11.3. The molecule has 6 nitrogen and oxygen atoms in total. The Balaban J connectivity index is 1.52. The van der Waals surface area contributed by atoms with Gasteiger partial charge in [0.15, 0.2) is 0 Å². The summed E-state index contributed by atoms with van der Waals surface area (Å²) in [5.74, 6) is 0.249. The molecule has 4 rings (SSSR count). The van der Waals surface area contributed by atoms with Gasteiger partial charge in [0, 0.05) is 29.4 Å². The minimum Gasteiger partial charge on any atom is -0.494 e. The molecule has 0 aliphatic heterocycles. The van der Waals surface area contributed by atoms with Gasteiger partial charge in [-0.05, 0) is 61.1 Å². The monoisotopic (exact) mass is 435 g/mol. The minimum atomic E-state index is -0.247. The van der Waals surface area contributed by atoms with Gasteiger partial charge in [0.2, 0.25) is 0 Å². The smallest absolute Gasteiger partial charge is 0.256 e. The van der Waals surface area contributed by atoms with Crippen LogP contribution in [0.4, 0.5) is 5.00 Å². The second-order valence-corrected chi connectivity index (χ2v) is 8.54.